The Morgan fingerprint density at radius 3 is 2.42 bits per heavy atom. The van der Waals surface area contributed by atoms with Gasteiger partial charge in [0.05, 0.1) is 0 Å². The third-order valence-corrected chi connectivity index (χ3v) is 3.06. The van der Waals surface area contributed by atoms with Crippen molar-refractivity contribution < 1.29 is 4.79 Å². The molecule has 1 atom stereocenters. The third kappa shape index (κ3) is 3.43. The van der Waals surface area contributed by atoms with E-state index in [4.69, 9.17) is 5.73 Å². The van der Waals surface area contributed by atoms with Crippen LogP contribution in [0.4, 0.5) is 0 Å². The lowest BCUT2D eigenvalue weighted by Crippen LogP contribution is -2.08. The highest BCUT2D eigenvalue weighted by molar-refractivity contribution is 6.09. The van der Waals surface area contributed by atoms with Crippen molar-refractivity contribution in [1.82, 2.24) is 0 Å². The first-order chi connectivity index (χ1) is 8.59. The number of hydrogen-bond acceptors (Lipinski definition) is 2. The minimum atomic E-state index is -0.0605. The number of hydrogen-bond donors (Lipinski definition) is 1. The van der Waals surface area contributed by atoms with Crippen LogP contribution in [0.1, 0.15) is 40.0 Å². The topological polar surface area (TPSA) is 43.1 Å². The van der Waals surface area contributed by atoms with E-state index in [2.05, 4.69) is 0 Å². The number of ketones is 1. The Morgan fingerprint density at radius 2 is 1.79 bits per heavy atom. The Kier molecular flexibility index (Phi) is 5.28. The van der Waals surface area contributed by atoms with Crippen LogP contribution in [0.25, 0.3) is 0 Å². The molecular formula is C16H18ClNO. The number of rotatable bonds is 3. The molecule has 0 unspecified atom stereocenters. The number of carbonyl (C=O) groups is 1. The molecule has 0 aliphatic rings. The minimum Gasteiger partial charge on any atom is -0.324 e. The van der Waals surface area contributed by atoms with Crippen molar-refractivity contribution in [3.8, 4) is 0 Å². The maximum absolute atomic E-state index is 12.4. The van der Waals surface area contributed by atoms with Crippen LogP contribution in [0.2, 0.25) is 0 Å². The summed E-state index contributed by atoms with van der Waals surface area (Å²) in [7, 11) is 0. The van der Waals surface area contributed by atoms with Crippen LogP contribution < -0.4 is 5.73 Å². The van der Waals surface area contributed by atoms with E-state index in [1.54, 1.807) is 0 Å². The van der Waals surface area contributed by atoms with Crippen molar-refractivity contribution in [2.75, 3.05) is 0 Å². The van der Waals surface area contributed by atoms with Crippen LogP contribution in [-0.4, -0.2) is 5.78 Å². The Labute approximate surface area is 120 Å². The zero-order chi connectivity index (χ0) is 13.1. The number of carbonyl (C=O) groups excluding carboxylic acids is 1. The molecule has 0 amide bonds. The predicted molar refractivity (Wildman–Crippen MR) is 80.9 cm³/mol. The lowest BCUT2D eigenvalue weighted by atomic mass is 9.97. The highest BCUT2D eigenvalue weighted by Crippen LogP contribution is 2.17. The molecule has 0 aliphatic heterocycles. The lowest BCUT2D eigenvalue weighted by Gasteiger charge is -2.09. The van der Waals surface area contributed by atoms with Crippen LogP contribution in [0.15, 0.2) is 48.5 Å². The molecule has 0 heterocycles. The van der Waals surface area contributed by atoms with Crippen LogP contribution in [-0.2, 0) is 0 Å². The van der Waals surface area contributed by atoms with Gasteiger partial charge in [-0.2, -0.15) is 0 Å². The van der Waals surface area contributed by atoms with Crippen molar-refractivity contribution >= 4 is 18.2 Å². The first-order valence-corrected chi connectivity index (χ1v) is 6.05. The zero-order valence-electron chi connectivity index (χ0n) is 11.1. The highest BCUT2D eigenvalue weighted by Gasteiger charge is 2.12. The molecule has 19 heavy (non-hydrogen) atoms. The maximum Gasteiger partial charge on any atom is 0.193 e. The lowest BCUT2D eigenvalue weighted by molar-refractivity contribution is 0.103. The number of halogens is 1. The van der Waals surface area contributed by atoms with Crippen molar-refractivity contribution in [3.05, 3.63) is 70.8 Å². The molecule has 2 rings (SSSR count). The van der Waals surface area contributed by atoms with E-state index in [0.717, 1.165) is 16.7 Å². The molecule has 0 spiro atoms. The van der Waals surface area contributed by atoms with Gasteiger partial charge in [-0.3, -0.25) is 4.79 Å². The fourth-order valence-corrected chi connectivity index (χ4v) is 1.95. The molecule has 3 heteroatoms. The summed E-state index contributed by atoms with van der Waals surface area (Å²) in [5, 5.41) is 0. The molecule has 2 nitrogen and oxygen atoms in total. The normalized spacial score (nSPS) is 11.5. The minimum absolute atomic E-state index is 0. The van der Waals surface area contributed by atoms with Gasteiger partial charge >= 0.3 is 0 Å². The third-order valence-electron chi connectivity index (χ3n) is 3.06. The molecule has 0 saturated carbocycles. The monoisotopic (exact) mass is 275 g/mol. The van der Waals surface area contributed by atoms with Gasteiger partial charge in [-0.05, 0) is 31.0 Å². The molecule has 0 aliphatic carbocycles. The summed E-state index contributed by atoms with van der Waals surface area (Å²) in [5.74, 6) is 0.0515. The van der Waals surface area contributed by atoms with Crippen LogP contribution >= 0.6 is 12.4 Å². The van der Waals surface area contributed by atoms with Crippen molar-refractivity contribution in [3.63, 3.8) is 0 Å². The second-order valence-corrected chi connectivity index (χ2v) is 4.56. The van der Waals surface area contributed by atoms with Gasteiger partial charge in [-0.1, -0.05) is 42.5 Å². The predicted octanol–water partition coefficient (Wildman–Crippen LogP) is 3.67. The molecule has 2 N–H and O–H groups in total. The van der Waals surface area contributed by atoms with Crippen LogP contribution in [0.5, 0.6) is 0 Å². The summed E-state index contributed by atoms with van der Waals surface area (Å²) in [4.78, 5) is 12.4. The smallest absolute Gasteiger partial charge is 0.193 e. The van der Waals surface area contributed by atoms with Gasteiger partial charge in [-0.25, -0.2) is 0 Å². The average Bonchev–Trinajstić information content (AvgIpc) is 2.38. The zero-order valence-corrected chi connectivity index (χ0v) is 11.9. The number of nitrogens with two attached hydrogens (primary N) is 1. The standard InChI is InChI=1S/C16H17NO.ClH/c1-11-6-3-4-9-15(11)16(18)14-8-5-7-13(10-14)12(2)17;/h3-10,12H,17H2,1-2H3;1H/t12-;/m1./s1. The van der Waals surface area contributed by atoms with Gasteiger partial charge < -0.3 is 5.73 Å². The van der Waals surface area contributed by atoms with Crippen molar-refractivity contribution in [2.45, 2.75) is 19.9 Å². The van der Waals surface area contributed by atoms with E-state index in [-0.39, 0.29) is 24.2 Å². The summed E-state index contributed by atoms with van der Waals surface area (Å²) >= 11 is 0. The summed E-state index contributed by atoms with van der Waals surface area (Å²) in [5.41, 5.74) is 9.26. The van der Waals surface area contributed by atoms with Crippen molar-refractivity contribution in [2.24, 2.45) is 5.73 Å². The van der Waals surface area contributed by atoms with Gasteiger partial charge in [0, 0.05) is 17.2 Å². The van der Waals surface area contributed by atoms with Crippen molar-refractivity contribution in [1.29, 1.82) is 0 Å². The first kappa shape index (κ1) is 15.4. The Morgan fingerprint density at radius 1 is 1.11 bits per heavy atom. The Bertz CT molecular complexity index is 578. The van der Waals surface area contributed by atoms with E-state index in [9.17, 15) is 4.79 Å². The van der Waals surface area contributed by atoms with Crippen LogP contribution in [0.3, 0.4) is 0 Å². The quantitative estimate of drug-likeness (QED) is 0.869. The van der Waals surface area contributed by atoms with Gasteiger partial charge in [-0.15, -0.1) is 12.4 Å². The largest absolute Gasteiger partial charge is 0.324 e. The van der Waals surface area contributed by atoms with E-state index in [0.29, 0.717) is 5.56 Å². The summed E-state index contributed by atoms with van der Waals surface area (Å²) in [6.45, 7) is 3.86. The first-order valence-electron chi connectivity index (χ1n) is 6.05. The molecule has 100 valence electrons. The highest BCUT2D eigenvalue weighted by atomic mass is 35.5. The molecule has 0 aromatic heterocycles. The fraction of sp³-hybridized carbons (Fsp3) is 0.188. The summed E-state index contributed by atoms with van der Waals surface area (Å²) in [6.07, 6.45) is 0. The van der Waals surface area contributed by atoms with Gasteiger partial charge in [0.25, 0.3) is 0 Å². The SMILES string of the molecule is Cc1ccccc1C(=O)c1cccc([C@@H](C)N)c1.Cl. The van der Waals surface area contributed by atoms with Gasteiger partial charge in [0.15, 0.2) is 5.78 Å². The van der Waals surface area contributed by atoms with E-state index < -0.39 is 0 Å². The van der Waals surface area contributed by atoms with E-state index in [1.165, 1.54) is 0 Å². The van der Waals surface area contributed by atoms with E-state index in [1.807, 2.05) is 62.4 Å². The average molecular weight is 276 g/mol. The fourth-order valence-electron chi connectivity index (χ4n) is 1.95. The molecule has 0 radical (unpaired) electrons. The molecule has 0 bridgehead atoms. The summed E-state index contributed by atoms with van der Waals surface area (Å²) < 4.78 is 0. The van der Waals surface area contributed by atoms with Gasteiger partial charge in [0.1, 0.15) is 0 Å². The van der Waals surface area contributed by atoms with Gasteiger partial charge in [0.2, 0.25) is 0 Å². The molecule has 0 saturated heterocycles. The van der Waals surface area contributed by atoms with Crippen LogP contribution in [0, 0.1) is 6.92 Å². The second-order valence-electron chi connectivity index (χ2n) is 4.56. The Hall–Kier alpha value is -1.64. The summed E-state index contributed by atoms with van der Waals surface area (Å²) in [6, 6.07) is 15.1. The molecular weight excluding hydrogens is 258 g/mol. The molecule has 2 aromatic rings. The Balaban J connectivity index is 0.00000180. The molecule has 0 fully saturated rings. The second kappa shape index (κ2) is 6.50. The number of benzene rings is 2. The van der Waals surface area contributed by atoms with E-state index >= 15 is 0 Å². The maximum atomic E-state index is 12.4. The number of aryl methyl sites for hydroxylation is 1. The molecule has 2 aromatic carbocycles.